The molecule has 1 aliphatic heterocycles. The number of likely N-dealkylation sites (N-methyl/N-ethyl adjacent to an activating group) is 1. The van der Waals surface area contributed by atoms with Crippen LogP contribution >= 0.6 is 0 Å². The fourth-order valence-corrected chi connectivity index (χ4v) is 1.51. The van der Waals surface area contributed by atoms with Crippen LogP contribution in [0, 0.1) is 0 Å². The minimum Gasteiger partial charge on any atom is -0.360 e. The van der Waals surface area contributed by atoms with E-state index in [-0.39, 0.29) is 0 Å². The van der Waals surface area contributed by atoms with E-state index in [4.69, 9.17) is 0 Å². The van der Waals surface area contributed by atoms with Crippen molar-refractivity contribution in [1.29, 1.82) is 0 Å². The Hall–Kier alpha value is -0.900. The summed E-state index contributed by atoms with van der Waals surface area (Å²) >= 11 is 0. The lowest BCUT2D eigenvalue weighted by Gasteiger charge is -2.30. The molecule has 0 aromatic rings. The van der Waals surface area contributed by atoms with Gasteiger partial charge in [0.1, 0.15) is 0 Å². The van der Waals surface area contributed by atoms with Crippen LogP contribution in [0.3, 0.4) is 0 Å². The van der Waals surface area contributed by atoms with Crippen molar-refractivity contribution in [2.45, 2.75) is 12.8 Å². The minimum absolute atomic E-state index is 0.915. The Morgan fingerprint density at radius 1 is 1.20 bits per heavy atom. The van der Waals surface area contributed by atoms with Crippen LogP contribution in [0.25, 0.3) is 0 Å². The predicted molar refractivity (Wildman–Crippen MR) is 66.1 cm³/mol. The van der Waals surface area contributed by atoms with Gasteiger partial charge in [-0.05, 0) is 26.1 Å². The fraction of sp³-hybridized carbons (Fsp3) is 0.818. The Kier molecular flexibility index (Phi) is 6.00. The maximum atomic E-state index is 4.41. The minimum atomic E-state index is 0.915. The van der Waals surface area contributed by atoms with Gasteiger partial charge in [-0.25, -0.2) is 0 Å². The third kappa shape index (κ3) is 5.52. The molecule has 0 aromatic carbocycles. The quantitative estimate of drug-likeness (QED) is 0.381. The van der Waals surface area contributed by atoms with Gasteiger partial charge in [0.25, 0.3) is 0 Å². The summed E-state index contributed by atoms with van der Waals surface area (Å²) in [6.45, 7) is 5.42. The van der Waals surface area contributed by atoms with E-state index >= 15 is 0 Å². The first-order valence-corrected chi connectivity index (χ1v) is 5.66. The zero-order valence-electron chi connectivity index (χ0n) is 9.89. The topological polar surface area (TPSA) is 31.2 Å². The van der Waals surface area contributed by atoms with E-state index in [2.05, 4.69) is 26.8 Å². The monoisotopic (exact) mass is 210 g/mol. The highest BCUT2D eigenvalue weighted by atomic mass is 15.3. The first-order valence-electron chi connectivity index (χ1n) is 5.66. The van der Waals surface area contributed by atoms with Crippen molar-refractivity contribution in [1.82, 2.24) is 9.80 Å². The average molecular weight is 210 g/mol. The lowest BCUT2D eigenvalue weighted by Crippen LogP contribution is -2.43. The van der Waals surface area contributed by atoms with Gasteiger partial charge in [0, 0.05) is 39.8 Å². The van der Waals surface area contributed by atoms with E-state index in [1.807, 2.05) is 19.6 Å². The summed E-state index contributed by atoms with van der Waals surface area (Å²) in [4.78, 5) is 13.0. The van der Waals surface area contributed by atoms with Crippen molar-refractivity contribution in [3.05, 3.63) is 0 Å². The van der Waals surface area contributed by atoms with Crippen molar-refractivity contribution in [2.24, 2.45) is 9.98 Å². The van der Waals surface area contributed by atoms with Crippen LogP contribution in [0.2, 0.25) is 0 Å². The molecule has 1 rings (SSSR count). The van der Waals surface area contributed by atoms with Gasteiger partial charge in [-0.1, -0.05) is 0 Å². The number of unbranched alkanes of at least 4 members (excludes halogenated alkanes) is 1. The van der Waals surface area contributed by atoms with Crippen LogP contribution < -0.4 is 0 Å². The lowest BCUT2D eigenvalue weighted by atomic mass is 10.3. The molecule has 0 bridgehead atoms. The van der Waals surface area contributed by atoms with Gasteiger partial charge in [-0.2, -0.15) is 0 Å². The summed E-state index contributed by atoms with van der Waals surface area (Å²) in [5.74, 6) is 0. The van der Waals surface area contributed by atoms with E-state index in [1.165, 1.54) is 0 Å². The molecule has 86 valence electrons. The van der Waals surface area contributed by atoms with Crippen LogP contribution in [0.15, 0.2) is 9.98 Å². The molecule has 0 atom stereocenters. The molecule has 0 amide bonds. The summed E-state index contributed by atoms with van der Waals surface area (Å²) in [7, 11) is 3.98. The highest BCUT2D eigenvalue weighted by molar-refractivity contribution is 5.57. The fourth-order valence-electron chi connectivity index (χ4n) is 1.51. The summed E-state index contributed by atoms with van der Waals surface area (Å²) in [5, 5.41) is 0. The normalized spacial score (nSPS) is 19.5. The third-order valence-corrected chi connectivity index (χ3v) is 2.59. The first-order chi connectivity index (χ1) is 7.33. The second-order valence-electron chi connectivity index (χ2n) is 3.94. The van der Waals surface area contributed by atoms with Crippen molar-refractivity contribution in [2.75, 3.05) is 46.8 Å². The summed E-state index contributed by atoms with van der Waals surface area (Å²) in [5.41, 5.74) is 0. The molecule has 4 heteroatoms. The van der Waals surface area contributed by atoms with Crippen LogP contribution in [0.4, 0.5) is 0 Å². The molecule has 1 aliphatic rings. The second-order valence-corrected chi connectivity index (χ2v) is 3.94. The van der Waals surface area contributed by atoms with E-state index in [1.54, 1.807) is 0 Å². The number of rotatable bonds is 5. The van der Waals surface area contributed by atoms with E-state index < -0.39 is 0 Å². The molecular formula is C11H22N4. The highest BCUT2D eigenvalue weighted by Gasteiger charge is 2.09. The Balaban J connectivity index is 2.05. The zero-order valence-corrected chi connectivity index (χ0v) is 9.89. The van der Waals surface area contributed by atoms with Crippen molar-refractivity contribution >= 4 is 12.6 Å². The van der Waals surface area contributed by atoms with Crippen molar-refractivity contribution in [3.8, 4) is 0 Å². The SMILES string of the molecule is CN=CCCCN=CN1CCN(C)CC1. The van der Waals surface area contributed by atoms with Gasteiger partial charge < -0.3 is 14.8 Å². The molecule has 15 heavy (non-hydrogen) atoms. The smallest absolute Gasteiger partial charge is 0.0850 e. The van der Waals surface area contributed by atoms with Gasteiger partial charge in [-0.3, -0.25) is 4.99 Å². The number of piperazine rings is 1. The second kappa shape index (κ2) is 7.40. The van der Waals surface area contributed by atoms with Crippen molar-refractivity contribution < 1.29 is 0 Å². The Labute approximate surface area is 92.7 Å². The molecule has 0 saturated carbocycles. The largest absolute Gasteiger partial charge is 0.360 e. The Bertz CT molecular complexity index is 205. The summed E-state index contributed by atoms with van der Waals surface area (Å²) in [6.07, 6.45) is 6.10. The molecule has 0 aliphatic carbocycles. The van der Waals surface area contributed by atoms with Crippen LogP contribution in [0.5, 0.6) is 0 Å². The molecule has 1 fully saturated rings. The number of hydrogen-bond acceptors (Lipinski definition) is 3. The van der Waals surface area contributed by atoms with Crippen LogP contribution in [0.1, 0.15) is 12.8 Å². The number of hydrogen-bond donors (Lipinski definition) is 0. The first kappa shape index (κ1) is 12.2. The average Bonchev–Trinajstić information content (AvgIpc) is 2.26. The maximum absolute atomic E-state index is 4.41. The molecule has 0 unspecified atom stereocenters. The lowest BCUT2D eigenvalue weighted by molar-refractivity contribution is 0.219. The van der Waals surface area contributed by atoms with Crippen LogP contribution in [-0.2, 0) is 0 Å². The highest BCUT2D eigenvalue weighted by Crippen LogP contribution is 1.96. The van der Waals surface area contributed by atoms with E-state index in [0.29, 0.717) is 0 Å². The molecule has 4 nitrogen and oxygen atoms in total. The van der Waals surface area contributed by atoms with E-state index in [0.717, 1.165) is 45.6 Å². The molecule has 0 aromatic heterocycles. The Morgan fingerprint density at radius 2 is 1.93 bits per heavy atom. The molecule has 0 radical (unpaired) electrons. The molecule has 0 spiro atoms. The molecule has 1 heterocycles. The van der Waals surface area contributed by atoms with Gasteiger partial charge in [0.15, 0.2) is 0 Å². The maximum Gasteiger partial charge on any atom is 0.0850 e. The summed E-state index contributed by atoms with van der Waals surface area (Å²) in [6, 6.07) is 0. The zero-order chi connectivity index (χ0) is 10.9. The van der Waals surface area contributed by atoms with E-state index in [9.17, 15) is 0 Å². The van der Waals surface area contributed by atoms with Gasteiger partial charge in [-0.15, -0.1) is 0 Å². The third-order valence-electron chi connectivity index (χ3n) is 2.59. The summed E-state index contributed by atoms with van der Waals surface area (Å²) < 4.78 is 0. The van der Waals surface area contributed by atoms with Gasteiger partial charge >= 0.3 is 0 Å². The Morgan fingerprint density at radius 3 is 2.60 bits per heavy atom. The number of aliphatic imine (C=N–C) groups is 2. The molecule has 0 N–H and O–H groups in total. The standard InChI is InChI=1S/C11H22N4/c1-12-5-3-4-6-13-11-15-9-7-14(2)8-10-15/h5,11H,3-4,6-10H2,1-2H3. The van der Waals surface area contributed by atoms with Gasteiger partial charge in [0.05, 0.1) is 6.34 Å². The van der Waals surface area contributed by atoms with Crippen LogP contribution in [-0.4, -0.2) is 69.2 Å². The van der Waals surface area contributed by atoms with Crippen molar-refractivity contribution in [3.63, 3.8) is 0 Å². The predicted octanol–water partition coefficient (Wildman–Crippen LogP) is 0.743. The molecular weight excluding hydrogens is 188 g/mol. The number of nitrogens with zero attached hydrogens (tertiary/aromatic N) is 4. The molecule has 1 saturated heterocycles. The van der Waals surface area contributed by atoms with Gasteiger partial charge in [0.2, 0.25) is 0 Å².